The van der Waals surface area contributed by atoms with Gasteiger partial charge >= 0.3 is 12.1 Å². The summed E-state index contributed by atoms with van der Waals surface area (Å²) in [6.07, 6.45) is 1.90. The number of halogens is 3. The fourth-order valence-electron chi connectivity index (χ4n) is 3.21. The molecule has 3 heterocycles. The number of hydrogen-bond donors (Lipinski definition) is 2. The number of likely N-dealkylation sites (N-methyl/N-ethyl adjacent to an activating group) is 1. The fourth-order valence-corrected chi connectivity index (χ4v) is 3.21. The highest BCUT2D eigenvalue weighted by molar-refractivity contribution is 5.92. The van der Waals surface area contributed by atoms with Crippen LogP contribution in [0.3, 0.4) is 0 Å². The van der Waals surface area contributed by atoms with Crippen LogP contribution in [0.15, 0.2) is 18.6 Å². The lowest BCUT2D eigenvalue weighted by Gasteiger charge is -2.44. The van der Waals surface area contributed by atoms with Crippen LogP contribution < -0.4 is 5.32 Å². The van der Waals surface area contributed by atoms with Crippen molar-refractivity contribution in [2.24, 2.45) is 5.92 Å². The maximum Gasteiger partial charge on any atom is 0.490 e. The Bertz CT molecular complexity index is 644. The molecule has 3 rings (SSSR count). The summed E-state index contributed by atoms with van der Waals surface area (Å²) in [5, 5.41) is 10.2. The number of fused-ring (bicyclic) bond motifs is 1. The summed E-state index contributed by atoms with van der Waals surface area (Å²) in [4.78, 5) is 31.3. The number of aromatic nitrogens is 2. The van der Waals surface area contributed by atoms with Gasteiger partial charge in [-0.2, -0.15) is 13.2 Å². The molecule has 0 saturated carbocycles. The van der Waals surface area contributed by atoms with Crippen LogP contribution in [0.25, 0.3) is 0 Å². The predicted molar refractivity (Wildman–Crippen MR) is 86.9 cm³/mol. The van der Waals surface area contributed by atoms with Gasteiger partial charge in [0.25, 0.3) is 5.91 Å². The Morgan fingerprint density at radius 1 is 1.33 bits per heavy atom. The number of carboxylic acids is 1. The van der Waals surface area contributed by atoms with E-state index in [4.69, 9.17) is 14.6 Å². The third kappa shape index (κ3) is 6.14. The fraction of sp³-hybridized carbons (Fsp3) is 0.625. The lowest BCUT2D eigenvalue weighted by molar-refractivity contribution is -0.192. The highest BCUT2D eigenvalue weighted by Gasteiger charge is 2.39. The maximum atomic E-state index is 12.2. The standard InChI is InChI=1S/C14H20N4O2.C2HF3O2/c1-18-8-10-3-2-6-20-13(10)12(9-18)17-14(19)11-7-15-4-5-16-11;3-2(4,5)1(6)7/h4-5,7,10,12-13H,2-3,6,8-9H2,1H3,(H,17,19);(H,6,7)/t10-,12+,13-;/m0./s1. The molecule has 1 amide bonds. The molecule has 0 aromatic carbocycles. The van der Waals surface area contributed by atoms with Gasteiger partial charge in [-0.15, -0.1) is 0 Å². The van der Waals surface area contributed by atoms with Crippen molar-refractivity contribution in [1.82, 2.24) is 20.2 Å². The van der Waals surface area contributed by atoms with Crippen molar-refractivity contribution in [1.29, 1.82) is 0 Å². The summed E-state index contributed by atoms with van der Waals surface area (Å²) in [5.74, 6) is -2.42. The molecule has 2 saturated heterocycles. The second-order valence-electron chi connectivity index (χ2n) is 6.43. The first-order chi connectivity index (χ1) is 12.7. The molecule has 0 spiro atoms. The molecule has 2 N–H and O–H groups in total. The number of carboxylic acid groups (broad SMARTS) is 1. The van der Waals surface area contributed by atoms with Crippen molar-refractivity contribution in [2.75, 3.05) is 26.7 Å². The van der Waals surface area contributed by atoms with E-state index in [2.05, 4.69) is 27.2 Å². The Morgan fingerprint density at radius 2 is 2.04 bits per heavy atom. The maximum absolute atomic E-state index is 12.2. The van der Waals surface area contributed by atoms with Crippen molar-refractivity contribution in [3.63, 3.8) is 0 Å². The molecule has 11 heteroatoms. The van der Waals surface area contributed by atoms with E-state index in [0.29, 0.717) is 11.6 Å². The van der Waals surface area contributed by atoms with Crippen LogP contribution in [-0.2, 0) is 9.53 Å². The third-order valence-corrected chi connectivity index (χ3v) is 4.30. The average Bonchev–Trinajstić information content (AvgIpc) is 2.62. The van der Waals surface area contributed by atoms with E-state index in [1.165, 1.54) is 18.8 Å². The first kappa shape index (κ1) is 21.0. The zero-order valence-corrected chi connectivity index (χ0v) is 14.6. The minimum Gasteiger partial charge on any atom is -0.475 e. The predicted octanol–water partition coefficient (Wildman–Crippen LogP) is 0.949. The summed E-state index contributed by atoms with van der Waals surface area (Å²) in [5.41, 5.74) is 0.355. The number of aliphatic carboxylic acids is 1. The first-order valence-electron chi connectivity index (χ1n) is 8.35. The van der Waals surface area contributed by atoms with Gasteiger partial charge in [-0.3, -0.25) is 9.78 Å². The molecule has 0 radical (unpaired) electrons. The zero-order valence-electron chi connectivity index (χ0n) is 14.6. The number of ether oxygens (including phenoxy) is 1. The van der Waals surface area contributed by atoms with Crippen LogP contribution in [0.4, 0.5) is 13.2 Å². The molecule has 3 atom stereocenters. The number of amides is 1. The van der Waals surface area contributed by atoms with Crippen LogP contribution in [-0.4, -0.2) is 76.9 Å². The van der Waals surface area contributed by atoms with E-state index in [9.17, 15) is 18.0 Å². The second kappa shape index (κ2) is 9.09. The Labute approximate surface area is 153 Å². The molecule has 2 aliphatic heterocycles. The number of nitrogens with one attached hydrogen (secondary N) is 1. The number of alkyl halides is 3. The molecule has 27 heavy (non-hydrogen) atoms. The number of rotatable bonds is 2. The van der Waals surface area contributed by atoms with Gasteiger partial charge in [0.05, 0.1) is 18.3 Å². The Hall–Kier alpha value is -2.27. The number of carbonyl (C=O) groups is 2. The minimum atomic E-state index is -5.08. The Balaban J connectivity index is 0.000000321. The highest BCUT2D eigenvalue weighted by atomic mass is 19.4. The summed E-state index contributed by atoms with van der Waals surface area (Å²) in [6.45, 7) is 2.65. The van der Waals surface area contributed by atoms with E-state index in [-0.39, 0.29) is 18.1 Å². The van der Waals surface area contributed by atoms with Gasteiger partial charge in [-0.1, -0.05) is 0 Å². The lowest BCUT2D eigenvalue weighted by atomic mass is 9.85. The molecule has 1 aromatic heterocycles. The third-order valence-electron chi connectivity index (χ3n) is 4.30. The molecule has 1 aromatic rings. The largest absolute Gasteiger partial charge is 0.490 e. The number of hydrogen-bond acceptors (Lipinski definition) is 6. The van der Waals surface area contributed by atoms with Crippen molar-refractivity contribution < 1.29 is 32.6 Å². The van der Waals surface area contributed by atoms with Gasteiger partial charge in [-0.05, 0) is 25.8 Å². The smallest absolute Gasteiger partial charge is 0.475 e. The van der Waals surface area contributed by atoms with Gasteiger partial charge in [0.2, 0.25) is 0 Å². The SMILES string of the molecule is CN1C[C@@H]2CCCO[C@@H]2[C@H](NC(=O)c2cnccn2)C1.O=C(O)C(F)(F)F. The molecule has 0 bridgehead atoms. The van der Waals surface area contributed by atoms with Crippen LogP contribution in [0, 0.1) is 5.92 Å². The molecule has 2 fully saturated rings. The van der Waals surface area contributed by atoms with E-state index in [1.807, 2.05) is 0 Å². The van der Waals surface area contributed by atoms with Gasteiger partial charge < -0.3 is 20.1 Å². The van der Waals surface area contributed by atoms with E-state index < -0.39 is 12.1 Å². The topological polar surface area (TPSA) is 105 Å². The Morgan fingerprint density at radius 3 is 2.63 bits per heavy atom. The molecule has 0 aliphatic carbocycles. The van der Waals surface area contributed by atoms with Crippen LogP contribution in [0.5, 0.6) is 0 Å². The molecule has 150 valence electrons. The molecular weight excluding hydrogens is 369 g/mol. The van der Waals surface area contributed by atoms with E-state index in [1.54, 1.807) is 6.20 Å². The number of piperidine rings is 1. The quantitative estimate of drug-likeness (QED) is 0.775. The number of nitrogens with zero attached hydrogens (tertiary/aromatic N) is 3. The van der Waals surface area contributed by atoms with Crippen molar-refractivity contribution >= 4 is 11.9 Å². The highest BCUT2D eigenvalue weighted by Crippen LogP contribution is 2.28. The molecule has 8 nitrogen and oxygen atoms in total. The van der Waals surface area contributed by atoms with Crippen molar-refractivity contribution in [3.05, 3.63) is 24.3 Å². The summed E-state index contributed by atoms with van der Waals surface area (Å²) in [7, 11) is 2.09. The number of carbonyl (C=O) groups excluding carboxylic acids is 1. The van der Waals surface area contributed by atoms with Crippen molar-refractivity contribution in [3.8, 4) is 0 Å². The number of likely N-dealkylation sites (tertiary alicyclic amines) is 1. The van der Waals surface area contributed by atoms with Gasteiger partial charge in [0.15, 0.2) is 0 Å². The van der Waals surface area contributed by atoms with Gasteiger partial charge in [0, 0.05) is 32.1 Å². The van der Waals surface area contributed by atoms with Crippen LogP contribution in [0.1, 0.15) is 23.3 Å². The van der Waals surface area contributed by atoms with Crippen molar-refractivity contribution in [2.45, 2.75) is 31.2 Å². The van der Waals surface area contributed by atoms with E-state index >= 15 is 0 Å². The zero-order chi connectivity index (χ0) is 20.0. The summed E-state index contributed by atoms with van der Waals surface area (Å²) >= 11 is 0. The second-order valence-corrected chi connectivity index (χ2v) is 6.43. The lowest BCUT2D eigenvalue weighted by Crippen LogP contribution is -2.60. The molecule has 2 aliphatic rings. The minimum absolute atomic E-state index is 0.0218. The monoisotopic (exact) mass is 390 g/mol. The van der Waals surface area contributed by atoms with Crippen LogP contribution in [0.2, 0.25) is 0 Å². The molecular formula is C16H21F3N4O4. The first-order valence-corrected chi connectivity index (χ1v) is 8.35. The van der Waals surface area contributed by atoms with Gasteiger partial charge in [-0.25, -0.2) is 9.78 Å². The normalized spacial score (nSPS) is 25.6. The van der Waals surface area contributed by atoms with Crippen LogP contribution >= 0.6 is 0 Å². The van der Waals surface area contributed by atoms with E-state index in [0.717, 1.165) is 26.1 Å². The average molecular weight is 390 g/mol. The Kier molecular flexibility index (Phi) is 7.08. The summed E-state index contributed by atoms with van der Waals surface area (Å²) in [6, 6.07) is 0.0218. The summed E-state index contributed by atoms with van der Waals surface area (Å²) < 4.78 is 37.6. The molecule has 0 unspecified atom stereocenters. The van der Waals surface area contributed by atoms with Gasteiger partial charge in [0.1, 0.15) is 5.69 Å².